The number of nitrogens with two attached hydrogens (primary N) is 1. The van der Waals surface area contributed by atoms with Crippen molar-refractivity contribution >= 4 is 22.8 Å². The Kier molecular flexibility index (Phi) is 6.40. The van der Waals surface area contributed by atoms with Crippen molar-refractivity contribution in [3.05, 3.63) is 72.3 Å². The minimum atomic E-state index is -0.528. The average Bonchev–Trinajstić information content (AvgIpc) is 3.52. The Morgan fingerprint density at radius 3 is 2.72 bits per heavy atom. The van der Waals surface area contributed by atoms with E-state index in [0.29, 0.717) is 47.2 Å². The van der Waals surface area contributed by atoms with E-state index in [0.717, 1.165) is 25.7 Å². The van der Waals surface area contributed by atoms with Crippen LogP contribution in [0, 0.1) is 23.1 Å². The van der Waals surface area contributed by atoms with Gasteiger partial charge in [0.1, 0.15) is 46.8 Å². The predicted octanol–water partition coefficient (Wildman–Crippen LogP) is 4.86. The summed E-state index contributed by atoms with van der Waals surface area (Å²) in [6.45, 7) is 0.894. The molecule has 2 aliphatic rings. The Morgan fingerprint density at radius 2 is 1.97 bits per heavy atom. The van der Waals surface area contributed by atoms with Gasteiger partial charge in [-0.2, -0.15) is 10.4 Å². The van der Waals surface area contributed by atoms with Gasteiger partial charge < -0.3 is 15.4 Å². The summed E-state index contributed by atoms with van der Waals surface area (Å²) in [6.07, 6.45) is 6.74. The summed E-state index contributed by atoms with van der Waals surface area (Å²) < 4.78 is 22.8. The summed E-state index contributed by atoms with van der Waals surface area (Å²) >= 11 is 0. The third-order valence-corrected chi connectivity index (χ3v) is 7.13. The molecule has 0 bridgehead atoms. The number of carbonyl (C=O) groups excluding carboxylic acids is 1. The van der Waals surface area contributed by atoms with Gasteiger partial charge in [0.2, 0.25) is 0 Å². The number of amides is 1. The predicted molar refractivity (Wildman–Crippen MR) is 143 cm³/mol. The van der Waals surface area contributed by atoms with E-state index in [-0.39, 0.29) is 28.9 Å². The fourth-order valence-electron chi connectivity index (χ4n) is 5.02. The molecule has 1 amide bonds. The molecular formula is C29H26FN7O2. The van der Waals surface area contributed by atoms with E-state index >= 15 is 4.39 Å². The molecule has 9 nitrogen and oxygen atoms in total. The van der Waals surface area contributed by atoms with E-state index in [9.17, 15) is 10.1 Å². The van der Waals surface area contributed by atoms with Gasteiger partial charge in [-0.05, 0) is 55.9 Å². The second-order valence-electron chi connectivity index (χ2n) is 9.87. The van der Waals surface area contributed by atoms with Crippen LogP contribution in [-0.4, -0.2) is 43.1 Å². The molecule has 1 aliphatic heterocycles. The number of nitrogens with zero attached hydrogens (tertiary/aromatic N) is 6. The van der Waals surface area contributed by atoms with E-state index in [1.807, 2.05) is 18.2 Å². The Labute approximate surface area is 224 Å². The Hall–Kier alpha value is -4.78. The average molecular weight is 524 g/mol. The van der Waals surface area contributed by atoms with Crippen molar-refractivity contribution in [2.75, 3.05) is 12.3 Å². The highest BCUT2D eigenvalue weighted by molar-refractivity contribution is 5.99. The quantitative estimate of drug-likeness (QED) is 0.271. The fourth-order valence-corrected chi connectivity index (χ4v) is 5.02. The molecule has 2 aromatic carbocycles. The molecule has 1 aliphatic carbocycles. The fraction of sp³-hybridized carbons (Fsp3) is 0.276. The third-order valence-electron chi connectivity index (χ3n) is 7.13. The smallest absolute Gasteiger partial charge is 0.264 e. The molecule has 0 spiro atoms. The highest BCUT2D eigenvalue weighted by Crippen LogP contribution is 2.35. The van der Waals surface area contributed by atoms with Gasteiger partial charge in [0.25, 0.3) is 5.91 Å². The number of ether oxygens (including phenoxy) is 1. The number of hydrogen-bond acceptors (Lipinski definition) is 7. The first kappa shape index (κ1) is 24.6. The first-order valence-corrected chi connectivity index (χ1v) is 12.9. The molecular weight excluding hydrogens is 497 g/mol. The summed E-state index contributed by atoms with van der Waals surface area (Å²) in [6, 6.07) is 15.6. The normalized spacial score (nSPS) is 17.4. The number of para-hydroxylation sites is 1. The Balaban J connectivity index is 1.32. The molecule has 1 atom stereocenters. The van der Waals surface area contributed by atoms with Crippen molar-refractivity contribution in [1.82, 2.24) is 24.6 Å². The summed E-state index contributed by atoms with van der Waals surface area (Å²) in [5, 5.41) is 14.7. The van der Waals surface area contributed by atoms with Crippen LogP contribution in [0.3, 0.4) is 0 Å². The number of allylic oxidation sites excluding steroid dienone is 1. The number of likely N-dealkylation sites (tertiary alicyclic amines) is 1. The molecule has 3 heterocycles. The van der Waals surface area contributed by atoms with Gasteiger partial charge >= 0.3 is 0 Å². The van der Waals surface area contributed by atoms with E-state index in [2.05, 4.69) is 16.0 Å². The third kappa shape index (κ3) is 4.91. The molecule has 1 saturated heterocycles. The van der Waals surface area contributed by atoms with Crippen LogP contribution >= 0.6 is 0 Å². The number of benzene rings is 2. The van der Waals surface area contributed by atoms with Crippen molar-refractivity contribution < 1.29 is 13.9 Å². The number of nitrogen functional groups attached to an aromatic ring is 1. The lowest BCUT2D eigenvalue weighted by Crippen LogP contribution is -2.39. The molecule has 1 saturated carbocycles. The maximum atomic E-state index is 15.4. The standard InChI is InChI=1S/C29H26FN7O2/c30-24-14-22(39-21-6-2-1-3-7-21)10-11-23(24)26-25-27(32)33-17-34-28(25)37(35-26)16-20-5-4-12-36(20)29(38)19(15-31)13-18-8-9-18/h1-3,6-7,10-11,13-14,17-18,20H,4-5,8-9,12,16H2,(H2,32,33,34)/b19-13+/t20-/m0/s1. The Morgan fingerprint density at radius 1 is 1.15 bits per heavy atom. The highest BCUT2D eigenvalue weighted by Gasteiger charge is 2.33. The van der Waals surface area contributed by atoms with Crippen LogP contribution in [0.5, 0.6) is 11.5 Å². The molecule has 6 rings (SSSR count). The summed E-state index contributed by atoms with van der Waals surface area (Å²) in [5.41, 5.74) is 7.42. The van der Waals surface area contributed by atoms with Crippen molar-refractivity contribution in [2.45, 2.75) is 38.3 Å². The summed E-state index contributed by atoms with van der Waals surface area (Å²) in [4.78, 5) is 23.4. The van der Waals surface area contributed by atoms with Gasteiger partial charge in [-0.15, -0.1) is 0 Å². The number of aromatic nitrogens is 4. The van der Waals surface area contributed by atoms with E-state index in [4.69, 9.17) is 15.6 Å². The number of fused-ring (bicyclic) bond motifs is 1. The lowest BCUT2D eigenvalue weighted by Gasteiger charge is -2.24. The van der Waals surface area contributed by atoms with Gasteiger partial charge in [-0.1, -0.05) is 24.3 Å². The highest BCUT2D eigenvalue weighted by atomic mass is 19.1. The minimum absolute atomic E-state index is 0.184. The minimum Gasteiger partial charge on any atom is -0.457 e. The first-order valence-electron chi connectivity index (χ1n) is 12.9. The zero-order valence-electron chi connectivity index (χ0n) is 21.1. The lowest BCUT2D eigenvalue weighted by molar-refractivity contribution is -0.127. The second kappa shape index (κ2) is 10.2. The van der Waals surface area contributed by atoms with Gasteiger partial charge in [-0.3, -0.25) is 4.79 Å². The van der Waals surface area contributed by atoms with Crippen LogP contribution in [0.15, 0.2) is 66.5 Å². The van der Waals surface area contributed by atoms with Gasteiger partial charge in [0.15, 0.2) is 5.65 Å². The second-order valence-corrected chi connectivity index (χ2v) is 9.87. The molecule has 2 fully saturated rings. The van der Waals surface area contributed by atoms with Crippen LogP contribution in [0.4, 0.5) is 10.2 Å². The van der Waals surface area contributed by atoms with Crippen molar-refractivity contribution in [3.8, 4) is 28.8 Å². The maximum absolute atomic E-state index is 15.4. The van der Waals surface area contributed by atoms with Crippen molar-refractivity contribution in [3.63, 3.8) is 0 Å². The first-order chi connectivity index (χ1) is 19.0. The SMILES string of the molecule is N#C/C(=C\C1CC1)C(=O)N1CCC[C@H]1Cn1nc(-c2ccc(Oc3ccccc3)cc2F)c2c(N)ncnc21. The van der Waals surface area contributed by atoms with Crippen LogP contribution in [-0.2, 0) is 11.3 Å². The topological polar surface area (TPSA) is 123 Å². The number of anilines is 1. The number of nitriles is 1. The Bertz CT molecular complexity index is 1620. The molecule has 0 radical (unpaired) electrons. The van der Waals surface area contributed by atoms with E-state index in [1.54, 1.807) is 39.9 Å². The molecule has 196 valence electrons. The van der Waals surface area contributed by atoms with Gasteiger partial charge in [0, 0.05) is 18.2 Å². The molecule has 2 aromatic heterocycles. The summed E-state index contributed by atoms with van der Waals surface area (Å²) in [5.74, 6) is 0.671. The van der Waals surface area contributed by atoms with Crippen molar-refractivity contribution in [2.24, 2.45) is 5.92 Å². The molecule has 4 aromatic rings. The van der Waals surface area contributed by atoms with Crippen LogP contribution < -0.4 is 10.5 Å². The zero-order valence-corrected chi connectivity index (χ0v) is 21.1. The van der Waals surface area contributed by atoms with E-state index in [1.165, 1.54) is 12.4 Å². The van der Waals surface area contributed by atoms with Crippen LogP contribution in [0.1, 0.15) is 25.7 Å². The van der Waals surface area contributed by atoms with Crippen LogP contribution in [0.2, 0.25) is 0 Å². The monoisotopic (exact) mass is 523 g/mol. The molecule has 2 N–H and O–H groups in total. The van der Waals surface area contributed by atoms with Gasteiger partial charge in [-0.25, -0.2) is 19.0 Å². The molecule has 39 heavy (non-hydrogen) atoms. The summed E-state index contributed by atoms with van der Waals surface area (Å²) in [7, 11) is 0. The lowest BCUT2D eigenvalue weighted by atomic mass is 10.1. The molecule has 0 unspecified atom stereocenters. The van der Waals surface area contributed by atoms with Gasteiger partial charge in [0.05, 0.1) is 18.0 Å². The number of hydrogen-bond donors (Lipinski definition) is 1. The number of rotatable bonds is 7. The maximum Gasteiger partial charge on any atom is 0.264 e. The van der Waals surface area contributed by atoms with Crippen molar-refractivity contribution in [1.29, 1.82) is 5.26 Å². The zero-order chi connectivity index (χ0) is 26.9. The number of halogens is 1. The molecule has 10 heteroatoms. The van der Waals surface area contributed by atoms with E-state index < -0.39 is 5.82 Å². The van der Waals surface area contributed by atoms with Crippen LogP contribution in [0.25, 0.3) is 22.3 Å². The number of carbonyl (C=O) groups is 1. The largest absolute Gasteiger partial charge is 0.457 e.